The van der Waals surface area contributed by atoms with Crippen molar-refractivity contribution < 1.29 is 19.4 Å². The Bertz CT molecular complexity index is 503. The Labute approximate surface area is 123 Å². The van der Waals surface area contributed by atoms with Crippen molar-refractivity contribution >= 4 is 12.0 Å². The van der Waals surface area contributed by atoms with Crippen LogP contribution < -0.4 is 10.6 Å². The van der Waals surface area contributed by atoms with Crippen LogP contribution >= 0.6 is 0 Å². The summed E-state index contributed by atoms with van der Waals surface area (Å²) in [6, 6.07) is 2.47. The van der Waals surface area contributed by atoms with Crippen LogP contribution in [0.25, 0.3) is 0 Å². The average molecular weight is 295 g/mol. The molecule has 0 bridgehead atoms. The quantitative estimate of drug-likeness (QED) is 0.706. The maximum atomic E-state index is 11.7. The van der Waals surface area contributed by atoms with Crippen molar-refractivity contribution in [1.82, 2.24) is 15.6 Å². The minimum atomic E-state index is -1.03. The Morgan fingerprint density at radius 2 is 2.10 bits per heavy atom. The van der Waals surface area contributed by atoms with Gasteiger partial charge in [0, 0.05) is 19.3 Å². The fourth-order valence-corrected chi connectivity index (χ4v) is 1.68. The second kappa shape index (κ2) is 7.58. The molecule has 1 aromatic heterocycles. The summed E-state index contributed by atoms with van der Waals surface area (Å²) in [6.07, 6.45) is 1.40. The van der Waals surface area contributed by atoms with Gasteiger partial charge in [-0.1, -0.05) is 0 Å². The van der Waals surface area contributed by atoms with Crippen LogP contribution in [-0.4, -0.2) is 40.8 Å². The molecule has 0 saturated heterocycles. The Balaban J connectivity index is 2.43. The fraction of sp³-hybridized carbons (Fsp3) is 0.500. The standard InChI is InChI=1S/C14H21N3O4/c1-4-21-14(2,3)9-17-13(20)16-8-11-7-10(12(18)19)5-6-15-11/h5-7H,4,8-9H2,1-3H3,(H,18,19)(H2,16,17,20). The van der Waals surface area contributed by atoms with Gasteiger partial charge in [-0.2, -0.15) is 0 Å². The van der Waals surface area contributed by atoms with Gasteiger partial charge in [-0.3, -0.25) is 4.98 Å². The largest absolute Gasteiger partial charge is 0.478 e. The topological polar surface area (TPSA) is 101 Å². The van der Waals surface area contributed by atoms with Gasteiger partial charge in [0.15, 0.2) is 0 Å². The van der Waals surface area contributed by atoms with E-state index in [9.17, 15) is 9.59 Å². The zero-order valence-electron chi connectivity index (χ0n) is 12.5. The molecule has 7 nitrogen and oxygen atoms in total. The molecule has 1 aromatic rings. The number of pyridine rings is 1. The molecule has 0 aliphatic rings. The summed E-state index contributed by atoms with van der Waals surface area (Å²) in [5, 5.41) is 14.2. The van der Waals surface area contributed by atoms with Crippen LogP contribution in [0.4, 0.5) is 4.79 Å². The molecule has 21 heavy (non-hydrogen) atoms. The van der Waals surface area contributed by atoms with Crippen molar-refractivity contribution in [2.24, 2.45) is 0 Å². The molecule has 1 rings (SSSR count). The minimum Gasteiger partial charge on any atom is -0.478 e. The molecule has 1 heterocycles. The highest BCUT2D eigenvalue weighted by molar-refractivity contribution is 5.87. The molecule has 2 amide bonds. The van der Waals surface area contributed by atoms with Crippen molar-refractivity contribution in [2.45, 2.75) is 32.9 Å². The van der Waals surface area contributed by atoms with Crippen molar-refractivity contribution in [1.29, 1.82) is 0 Å². The molecule has 0 aliphatic heterocycles. The van der Waals surface area contributed by atoms with Crippen LogP contribution in [-0.2, 0) is 11.3 Å². The van der Waals surface area contributed by atoms with Crippen LogP contribution in [0, 0.1) is 0 Å². The lowest BCUT2D eigenvalue weighted by molar-refractivity contribution is -0.00690. The molecular formula is C14H21N3O4. The highest BCUT2D eigenvalue weighted by Gasteiger charge is 2.18. The summed E-state index contributed by atoms with van der Waals surface area (Å²) < 4.78 is 5.46. The van der Waals surface area contributed by atoms with Gasteiger partial charge in [-0.05, 0) is 32.9 Å². The van der Waals surface area contributed by atoms with Crippen LogP contribution in [0.3, 0.4) is 0 Å². The number of ether oxygens (including phenoxy) is 1. The van der Waals surface area contributed by atoms with Gasteiger partial charge in [0.05, 0.1) is 23.4 Å². The van der Waals surface area contributed by atoms with E-state index in [1.54, 1.807) is 0 Å². The molecule has 0 unspecified atom stereocenters. The van der Waals surface area contributed by atoms with Gasteiger partial charge >= 0.3 is 12.0 Å². The Hall–Kier alpha value is -2.15. The number of amides is 2. The second-order valence-corrected chi connectivity index (χ2v) is 5.07. The van der Waals surface area contributed by atoms with E-state index >= 15 is 0 Å². The summed E-state index contributed by atoms with van der Waals surface area (Å²) in [6.45, 7) is 6.76. The third-order valence-corrected chi connectivity index (χ3v) is 2.70. The van der Waals surface area contributed by atoms with Crippen molar-refractivity contribution in [3.05, 3.63) is 29.6 Å². The molecule has 7 heteroatoms. The smallest absolute Gasteiger partial charge is 0.335 e. The number of carbonyl (C=O) groups excluding carboxylic acids is 1. The molecule has 3 N–H and O–H groups in total. The number of carbonyl (C=O) groups is 2. The van der Waals surface area contributed by atoms with E-state index in [1.807, 2.05) is 20.8 Å². The molecule has 0 saturated carbocycles. The zero-order chi connectivity index (χ0) is 15.9. The van der Waals surface area contributed by atoms with Gasteiger partial charge < -0.3 is 20.5 Å². The Morgan fingerprint density at radius 1 is 1.38 bits per heavy atom. The SMILES string of the molecule is CCOC(C)(C)CNC(=O)NCc1cc(C(=O)O)ccn1. The summed E-state index contributed by atoms with van der Waals surface area (Å²) in [4.78, 5) is 26.5. The molecule has 0 spiro atoms. The molecule has 0 aromatic carbocycles. The molecular weight excluding hydrogens is 274 g/mol. The summed E-state index contributed by atoms with van der Waals surface area (Å²) in [5.74, 6) is -1.03. The minimum absolute atomic E-state index is 0.139. The number of aromatic carboxylic acids is 1. The van der Waals surface area contributed by atoms with E-state index in [1.165, 1.54) is 18.3 Å². The van der Waals surface area contributed by atoms with Crippen LogP contribution in [0.5, 0.6) is 0 Å². The first kappa shape index (κ1) is 16.9. The van der Waals surface area contributed by atoms with E-state index in [-0.39, 0.29) is 18.1 Å². The molecule has 116 valence electrons. The van der Waals surface area contributed by atoms with Crippen molar-refractivity contribution in [3.63, 3.8) is 0 Å². The van der Waals surface area contributed by atoms with Crippen LogP contribution in [0.2, 0.25) is 0 Å². The van der Waals surface area contributed by atoms with Crippen LogP contribution in [0.15, 0.2) is 18.3 Å². The number of aromatic nitrogens is 1. The first-order valence-corrected chi connectivity index (χ1v) is 6.68. The normalized spacial score (nSPS) is 11.0. The van der Waals surface area contributed by atoms with Crippen molar-refractivity contribution in [3.8, 4) is 0 Å². The van der Waals surface area contributed by atoms with Crippen LogP contribution in [0.1, 0.15) is 36.8 Å². The number of rotatable bonds is 7. The fourth-order valence-electron chi connectivity index (χ4n) is 1.68. The van der Waals surface area contributed by atoms with E-state index in [2.05, 4.69) is 15.6 Å². The number of nitrogens with one attached hydrogen (secondary N) is 2. The summed E-state index contributed by atoms with van der Waals surface area (Å²) >= 11 is 0. The predicted octanol–water partition coefficient (Wildman–Crippen LogP) is 1.39. The lowest BCUT2D eigenvalue weighted by Gasteiger charge is -2.24. The highest BCUT2D eigenvalue weighted by Crippen LogP contribution is 2.06. The number of nitrogens with zero attached hydrogens (tertiary/aromatic N) is 1. The van der Waals surface area contributed by atoms with E-state index in [0.29, 0.717) is 18.8 Å². The van der Waals surface area contributed by atoms with E-state index in [0.717, 1.165) is 0 Å². The second-order valence-electron chi connectivity index (χ2n) is 5.07. The highest BCUT2D eigenvalue weighted by atomic mass is 16.5. The molecule has 0 atom stereocenters. The Morgan fingerprint density at radius 3 is 2.71 bits per heavy atom. The molecule has 0 fully saturated rings. The monoisotopic (exact) mass is 295 g/mol. The predicted molar refractivity (Wildman–Crippen MR) is 77.1 cm³/mol. The number of carboxylic acids is 1. The maximum absolute atomic E-state index is 11.7. The van der Waals surface area contributed by atoms with Gasteiger partial charge in [0.1, 0.15) is 0 Å². The maximum Gasteiger partial charge on any atom is 0.335 e. The third-order valence-electron chi connectivity index (χ3n) is 2.70. The molecule has 0 radical (unpaired) electrons. The Kier molecular flexibility index (Phi) is 6.10. The first-order chi connectivity index (χ1) is 9.84. The summed E-state index contributed by atoms with van der Waals surface area (Å²) in [7, 11) is 0. The average Bonchev–Trinajstić information content (AvgIpc) is 2.43. The van der Waals surface area contributed by atoms with Gasteiger partial charge in [-0.15, -0.1) is 0 Å². The third kappa shape index (κ3) is 6.22. The van der Waals surface area contributed by atoms with Gasteiger partial charge in [0.25, 0.3) is 0 Å². The van der Waals surface area contributed by atoms with E-state index < -0.39 is 11.6 Å². The number of urea groups is 1. The van der Waals surface area contributed by atoms with Gasteiger partial charge in [-0.25, -0.2) is 9.59 Å². The lowest BCUT2D eigenvalue weighted by atomic mass is 10.1. The number of carboxylic acid groups (broad SMARTS) is 1. The molecule has 0 aliphatic carbocycles. The zero-order valence-corrected chi connectivity index (χ0v) is 12.5. The lowest BCUT2D eigenvalue weighted by Crippen LogP contribution is -2.44. The number of hydrogen-bond donors (Lipinski definition) is 3. The van der Waals surface area contributed by atoms with Crippen molar-refractivity contribution in [2.75, 3.05) is 13.2 Å². The van der Waals surface area contributed by atoms with E-state index in [4.69, 9.17) is 9.84 Å². The summed E-state index contributed by atoms with van der Waals surface area (Å²) in [5.41, 5.74) is 0.182. The van der Waals surface area contributed by atoms with Gasteiger partial charge in [0.2, 0.25) is 0 Å². The first-order valence-electron chi connectivity index (χ1n) is 6.68. The number of hydrogen-bond acceptors (Lipinski definition) is 4.